The van der Waals surface area contributed by atoms with Crippen LogP contribution >= 0.6 is 0 Å². The number of hydrogen-bond acceptors (Lipinski definition) is 3. The van der Waals surface area contributed by atoms with Gasteiger partial charge in [0.2, 0.25) is 0 Å². The molecule has 0 aliphatic rings. The van der Waals surface area contributed by atoms with Crippen molar-refractivity contribution in [2.24, 2.45) is 0 Å². The van der Waals surface area contributed by atoms with Crippen LogP contribution in [0.5, 0.6) is 5.75 Å². The molecule has 0 unspecified atom stereocenters. The van der Waals surface area contributed by atoms with Crippen LogP contribution < -0.4 is 10.5 Å². The molecule has 2 N–H and O–H groups in total. The molecule has 2 aromatic rings. The second kappa shape index (κ2) is 4.49. The van der Waals surface area contributed by atoms with Gasteiger partial charge in [-0.1, -0.05) is 0 Å². The van der Waals surface area contributed by atoms with Crippen molar-refractivity contribution in [2.75, 3.05) is 5.73 Å². The average Bonchev–Trinajstić information content (AvgIpc) is 2.62. The van der Waals surface area contributed by atoms with Crippen molar-refractivity contribution in [1.82, 2.24) is 9.78 Å². The molecule has 0 radical (unpaired) electrons. The van der Waals surface area contributed by atoms with E-state index < -0.39 is 0 Å². The first-order valence-electron chi connectivity index (χ1n) is 5.64. The zero-order valence-electron chi connectivity index (χ0n) is 10.3. The van der Waals surface area contributed by atoms with Gasteiger partial charge in [0.25, 0.3) is 0 Å². The third-order valence-corrected chi connectivity index (χ3v) is 2.27. The van der Waals surface area contributed by atoms with Gasteiger partial charge in [0, 0.05) is 24.0 Å². The number of anilines is 1. The van der Waals surface area contributed by atoms with Gasteiger partial charge in [0.15, 0.2) is 0 Å². The Labute approximate surface area is 101 Å². The minimum atomic E-state index is 0.129. The maximum atomic E-state index is 5.86. The summed E-state index contributed by atoms with van der Waals surface area (Å²) in [6.07, 6.45) is 2.03. The van der Waals surface area contributed by atoms with Crippen LogP contribution in [0.1, 0.15) is 19.5 Å². The number of aromatic nitrogens is 2. The molecule has 0 saturated heterocycles. The predicted octanol–water partition coefficient (Wildman–Crippen LogP) is 2.55. The lowest BCUT2D eigenvalue weighted by molar-refractivity contribution is 0.242. The van der Waals surface area contributed by atoms with Crippen molar-refractivity contribution in [2.45, 2.75) is 26.9 Å². The number of nitrogen functional groups attached to an aromatic ring is 1. The first kappa shape index (κ1) is 11.5. The lowest BCUT2D eigenvalue weighted by atomic mass is 10.2. The van der Waals surface area contributed by atoms with Gasteiger partial charge in [-0.3, -0.25) is 0 Å². The lowest BCUT2D eigenvalue weighted by Crippen LogP contribution is -2.07. The third kappa shape index (κ3) is 2.78. The Morgan fingerprint density at radius 3 is 2.65 bits per heavy atom. The predicted molar refractivity (Wildman–Crippen MR) is 68.5 cm³/mol. The molecule has 0 aliphatic heterocycles. The van der Waals surface area contributed by atoms with E-state index in [2.05, 4.69) is 5.10 Å². The molecule has 2 rings (SSSR count). The molecule has 4 heteroatoms. The van der Waals surface area contributed by atoms with E-state index in [4.69, 9.17) is 10.5 Å². The van der Waals surface area contributed by atoms with E-state index in [-0.39, 0.29) is 6.10 Å². The molecule has 90 valence electrons. The van der Waals surface area contributed by atoms with Gasteiger partial charge in [-0.25, -0.2) is 4.68 Å². The van der Waals surface area contributed by atoms with Gasteiger partial charge in [0.1, 0.15) is 5.75 Å². The molecule has 1 aromatic heterocycles. The van der Waals surface area contributed by atoms with Crippen molar-refractivity contribution in [3.8, 4) is 11.4 Å². The molecule has 0 spiro atoms. The molecule has 0 bridgehead atoms. The number of ether oxygens (including phenoxy) is 1. The number of nitrogens with zero attached hydrogens (tertiary/aromatic N) is 2. The molecular weight excluding hydrogens is 214 g/mol. The SMILES string of the molecule is Cc1ccn(-c2cc(N)cc(OC(C)C)c2)n1. The quantitative estimate of drug-likeness (QED) is 0.826. The van der Waals surface area contributed by atoms with Crippen LogP contribution in [-0.2, 0) is 0 Å². The summed E-state index contributed by atoms with van der Waals surface area (Å²) >= 11 is 0. The van der Waals surface area contributed by atoms with Crippen LogP contribution in [-0.4, -0.2) is 15.9 Å². The van der Waals surface area contributed by atoms with E-state index >= 15 is 0 Å². The van der Waals surface area contributed by atoms with E-state index in [9.17, 15) is 0 Å². The summed E-state index contributed by atoms with van der Waals surface area (Å²) in [5.74, 6) is 0.767. The van der Waals surface area contributed by atoms with Crippen LogP contribution in [0.25, 0.3) is 5.69 Å². The number of benzene rings is 1. The standard InChI is InChI=1S/C13H17N3O/c1-9(2)17-13-7-11(14)6-12(8-13)16-5-4-10(3)15-16/h4-9H,14H2,1-3H3. The molecule has 0 saturated carbocycles. The minimum Gasteiger partial charge on any atom is -0.491 e. The van der Waals surface area contributed by atoms with Crippen LogP contribution in [0.3, 0.4) is 0 Å². The summed E-state index contributed by atoms with van der Waals surface area (Å²) in [6.45, 7) is 5.93. The van der Waals surface area contributed by atoms with Crippen LogP contribution in [0.4, 0.5) is 5.69 Å². The normalized spacial score (nSPS) is 10.8. The van der Waals surface area contributed by atoms with Gasteiger partial charge < -0.3 is 10.5 Å². The van der Waals surface area contributed by atoms with E-state index in [0.29, 0.717) is 5.69 Å². The summed E-state index contributed by atoms with van der Waals surface area (Å²) in [6, 6.07) is 7.58. The highest BCUT2D eigenvalue weighted by atomic mass is 16.5. The summed E-state index contributed by atoms with van der Waals surface area (Å²) in [5, 5.41) is 4.35. The van der Waals surface area contributed by atoms with Crippen molar-refractivity contribution in [1.29, 1.82) is 0 Å². The Morgan fingerprint density at radius 2 is 2.06 bits per heavy atom. The molecule has 1 aromatic carbocycles. The van der Waals surface area contributed by atoms with Gasteiger partial charge in [0.05, 0.1) is 17.5 Å². The summed E-state index contributed by atoms with van der Waals surface area (Å²) < 4.78 is 7.43. The first-order valence-corrected chi connectivity index (χ1v) is 5.64. The minimum absolute atomic E-state index is 0.129. The molecular formula is C13H17N3O. The Hall–Kier alpha value is -1.97. The fraction of sp³-hybridized carbons (Fsp3) is 0.308. The molecule has 1 heterocycles. The van der Waals surface area contributed by atoms with Gasteiger partial charge in [-0.2, -0.15) is 5.10 Å². The Morgan fingerprint density at radius 1 is 1.29 bits per heavy atom. The molecule has 17 heavy (non-hydrogen) atoms. The second-order valence-corrected chi connectivity index (χ2v) is 4.33. The maximum absolute atomic E-state index is 5.86. The second-order valence-electron chi connectivity index (χ2n) is 4.33. The van der Waals surface area contributed by atoms with Crippen LogP contribution in [0.15, 0.2) is 30.5 Å². The zero-order valence-corrected chi connectivity index (χ0v) is 10.3. The highest BCUT2D eigenvalue weighted by Gasteiger charge is 2.04. The molecule has 0 fully saturated rings. The van der Waals surface area contributed by atoms with Crippen molar-refractivity contribution in [3.63, 3.8) is 0 Å². The maximum Gasteiger partial charge on any atom is 0.123 e. The largest absolute Gasteiger partial charge is 0.491 e. The van der Waals surface area contributed by atoms with E-state index in [1.165, 1.54) is 0 Å². The molecule has 0 atom stereocenters. The topological polar surface area (TPSA) is 53.1 Å². The summed E-state index contributed by atoms with van der Waals surface area (Å²) in [7, 11) is 0. The third-order valence-electron chi connectivity index (χ3n) is 2.27. The number of hydrogen-bond donors (Lipinski definition) is 1. The van der Waals surface area contributed by atoms with Crippen LogP contribution in [0, 0.1) is 6.92 Å². The average molecular weight is 231 g/mol. The smallest absolute Gasteiger partial charge is 0.123 e. The van der Waals surface area contributed by atoms with Gasteiger partial charge in [-0.15, -0.1) is 0 Å². The Kier molecular flexibility index (Phi) is 3.04. The van der Waals surface area contributed by atoms with E-state index in [1.807, 2.05) is 51.2 Å². The highest BCUT2D eigenvalue weighted by Crippen LogP contribution is 2.22. The number of rotatable bonds is 3. The summed E-state index contributed by atoms with van der Waals surface area (Å²) in [4.78, 5) is 0. The van der Waals surface area contributed by atoms with Crippen molar-refractivity contribution < 1.29 is 4.74 Å². The van der Waals surface area contributed by atoms with Gasteiger partial charge in [-0.05, 0) is 32.9 Å². The zero-order chi connectivity index (χ0) is 12.4. The highest BCUT2D eigenvalue weighted by molar-refractivity contribution is 5.53. The lowest BCUT2D eigenvalue weighted by Gasteiger charge is -2.12. The Bertz CT molecular complexity index is 517. The van der Waals surface area contributed by atoms with Gasteiger partial charge >= 0.3 is 0 Å². The van der Waals surface area contributed by atoms with Crippen LogP contribution in [0.2, 0.25) is 0 Å². The molecule has 4 nitrogen and oxygen atoms in total. The number of nitrogens with two attached hydrogens (primary N) is 1. The molecule has 0 aliphatic carbocycles. The first-order chi connectivity index (χ1) is 8.04. The fourth-order valence-corrected chi connectivity index (χ4v) is 1.64. The molecule has 0 amide bonds. The fourth-order valence-electron chi connectivity index (χ4n) is 1.64. The Balaban J connectivity index is 2.37. The van der Waals surface area contributed by atoms with E-state index in [1.54, 1.807) is 4.68 Å². The van der Waals surface area contributed by atoms with Crippen molar-refractivity contribution in [3.05, 3.63) is 36.2 Å². The number of aryl methyl sites for hydroxylation is 1. The van der Waals surface area contributed by atoms with Crippen molar-refractivity contribution >= 4 is 5.69 Å². The monoisotopic (exact) mass is 231 g/mol. The summed E-state index contributed by atoms with van der Waals surface area (Å²) in [5.41, 5.74) is 8.41. The van der Waals surface area contributed by atoms with E-state index in [0.717, 1.165) is 17.1 Å².